The van der Waals surface area contributed by atoms with Gasteiger partial charge in [0.25, 0.3) is 0 Å². The summed E-state index contributed by atoms with van der Waals surface area (Å²) in [5.74, 6) is -0.232. The lowest BCUT2D eigenvalue weighted by atomic mass is 10.1. The van der Waals surface area contributed by atoms with Gasteiger partial charge in [-0.15, -0.1) is 11.8 Å². The summed E-state index contributed by atoms with van der Waals surface area (Å²) in [7, 11) is 0. The lowest BCUT2D eigenvalue weighted by molar-refractivity contribution is -0.137. The van der Waals surface area contributed by atoms with Gasteiger partial charge in [0.15, 0.2) is 0 Å². The molecule has 0 unspecified atom stereocenters. The number of carbonyl (C=O) groups excluding carboxylic acids is 1. The first-order valence-corrected chi connectivity index (χ1v) is 6.91. The number of carboxylic acids is 1. The van der Waals surface area contributed by atoms with Gasteiger partial charge in [-0.25, -0.2) is 0 Å². The van der Waals surface area contributed by atoms with Crippen molar-refractivity contribution >= 4 is 29.3 Å². The summed E-state index contributed by atoms with van der Waals surface area (Å²) in [5, 5.41) is 11.4. The van der Waals surface area contributed by atoms with E-state index in [9.17, 15) is 9.59 Å². The van der Waals surface area contributed by atoms with Gasteiger partial charge in [0.05, 0.1) is 11.4 Å². The molecule has 96 valence electrons. The van der Waals surface area contributed by atoms with Crippen molar-refractivity contribution in [2.24, 2.45) is 0 Å². The molecule has 1 amide bonds. The molecule has 0 atom stereocenters. The number of unbranched alkanes of at least 4 members (excludes halogenated alkanes) is 1. The Morgan fingerprint density at radius 2 is 2.22 bits per heavy atom. The maximum absolute atomic E-state index is 11.3. The molecule has 0 bridgehead atoms. The van der Waals surface area contributed by atoms with E-state index in [0.717, 1.165) is 29.0 Å². The summed E-state index contributed by atoms with van der Waals surface area (Å²) in [5.41, 5.74) is 2.02. The first-order chi connectivity index (χ1) is 8.65. The van der Waals surface area contributed by atoms with Crippen molar-refractivity contribution in [1.82, 2.24) is 0 Å². The zero-order valence-corrected chi connectivity index (χ0v) is 10.8. The number of hydrogen-bond donors (Lipinski definition) is 2. The van der Waals surface area contributed by atoms with E-state index < -0.39 is 5.97 Å². The topological polar surface area (TPSA) is 66.4 Å². The Labute approximate surface area is 110 Å². The molecule has 1 heterocycles. The van der Waals surface area contributed by atoms with Crippen molar-refractivity contribution in [2.75, 3.05) is 11.1 Å². The summed E-state index contributed by atoms with van der Waals surface area (Å²) < 4.78 is 0. The quantitative estimate of drug-likeness (QED) is 0.803. The molecule has 4 nitrogen and oxygen atoms in total. The van der Waals surface area contributed by atoms with Gasteiger partial charge in [0, 0.05) is 11.3 Å². The Bertz CT molecular complexity index is 473. The van der Waals surface area contributed by atoms with Gasteiger partial charge in [-0.05, 0) is 37.0 Å². The van der Waals surface area contributed by atoms with Crippen molar-refractivity contribution in [3.05, 3.63) is 23.8 Å². The van der Waals surface area contributed by atoms with Crippen LogP contribution in [-0.4, -0.2) is 22.7 Å². The van der Waals surface area contributed by atoms with E-state index in [4.69, 9.17) is 5.11 Å². The van der Waals surface area contributed by atoms with E-state index >= 15 is 0 Å². The maximum atomic E-state index is 11.3. The highest BCUT2D eigenvalue weighted by Gasteiger charge is 2.15. The van der Waals surface area contributed by atoms with Gasteiger partial charge in [-0.3, -0.25) is 9.59 Å². The summed E-state index contributed by atoms with van der Waals surface area (Å²) in [6, 6.07) is 6.05. The fraction of sp³-hybridized carbons (Fsp3) is 0.385. The predicted molar refractivity (Wildman–Crippen MR) is 71.0 cm³/mol. The van der Waals surface area contributed by atoms with Crippen LogP contribution < -0.4 is 5.32 Å². The zero-order valence-electron chi connectivity index (χ0n) is 9.94. The highest BCUT2D eigenvalue weighted by Crippen LogP contribution is 2.32. The molecule has 1 aromatic rings. The van der Waals surface area contributed by atoms with Crippen LogP contribution >= 0.6 is 11.8 Å². The van der Waals surface area contributed by atoms with Crippen LogP contribution in [0.1, 0.15) is 24.8 Å². The van der Waals surface area contributed by atoms with Crippen LogP contribution in [0.3, 0.4) is 0 Å². The number of carbonyl (C=O) groups is 2. The van der Waals surface area contributed by atoms with Crippen LogP contribution in [0.4, 0.5) is 5.69 Å². The minimum Gasteiger partial charge on any atom is -0.481 e. The predicted octanol–water partition coefficient (Wildman–Crippen LogP) is 2.53. The molecule has 1 aliphatic rings. The maximum Gasteiger partial charge on any atom is 0.303 e. The standard InChI is InChI=1S/C13H15NO3S/c15-12-8-18-11-6-5-9(7-10(11)14-12)3-1-2-4-13(16)17/h5-7H,1-4,8H2,(H,14,15)(H,16,17). The number of benzene rings is 1. The number of hydrogen-bond acceptors (Lipinski definition) is 3. The van der Waals surface area contributed by atoms with Crippen LogP contribution in [0.25, 0.3) is 0 Å². The average molecular weight is 265 g/mol. The molecular formula is C13H15NO3S. The Hall–Kier alpha value is -1.49. The van der Waals surface area contributed by atoms with Gasteiger partial charge >= 0.3 is 5.97 Å². The van der Waals surface area contributed by atoms with E-state index in [1.165, 1.54) is 0 Å². The Morgan fingerprint density at radius 3 is 3.00 bits per heavy atom. The van der Waals surface area contributed by atoms with Crippen LogP contribution in [0.5, 0.6) is 0 Å². The average Bonchev–Trinajstić information content (AvgIpc) is 2.34. The Kier molecular flexibility index (Phi) is 4.25. The lowest BCUT2D eigenvalue weighted by Crippen LogP contribution is -2.18. The second-order valence-corrected chi connectivity index (χ2v) is 5.29. The molecule has 0 aromatic heterocycles. The van der Waals surface area contributed by atoms with E-state index in [0.29, 0.717) is 12.2 Å². The number of aliphatic carboxylic acids is 1. The highest BCUT2D eigenvalue weighted by atomic mass is 32.2. The second kappa shape index (κ2) is 5.91. The third-order valence-corrected chi connectivity index (χ3v) is 3.86. The minimum atomic E-state index is -0.746. The minimum absolute atomic E-state index is 0.0375. The summed E-state index contributed by atoms with van der Waals surface area (Å²) >= 11 is 1.55. The number of amides is 1. The number of nitrogens with one attached hydrogen (secondary N) is 1. The molecule has 1 aliphatic heterocycles. The monoisotopic (exact) mass is 265 g/mol. The van der Waals surface area contributed by atoms with E-state index in [1.54, 1.807) is 11.8 Å². The third-order valence-electron chi connectivity index (χ3n) is 2.78. The number of anilines is 1. The van der Waals surface area contributed by atoms with Gasteiger partial charge in [-0.2, -0.15) is 0 Å². The van der Waals surface area contributed by atoms with Crippen molar-refractivity contribution in [2.45, 2.75) is 30.6 Å². The molecule has 2 N–H and O–H groups in total. The van der Waals surface area contributed by atoms with Crippen LogP contribution in [0.2, 0.25) is 0 Å². The highest BCUT2D eigenvalue weighted by molar-refractivity contribution is 8.00. The molecule has 0 fully saturated rings. The number of thioether (sulfide) groups is 1. The smallest absolute Gasteiger partial charge is 0.303 e. The van der Waals surface area contributed by atoms with E-state index in [2.05, 4.69) is 5.32 Å². The Balaban J connectivity index is 1.92. The number of fused-ring (bicyclic) bond motifs is 1. The lowest BCUT2D eigenvalue weighted by Gasteiger charge is -2.17. The Morgan fingerprint density at radius 1 is 1.39 bits per heavy atom. The number of carboxylic acid groups (broad SMARTS) is 1. The normalized spacial score (nSPS) is 13.9. The molecule has 1 aromatic carbocycles. The third kappa shape index (κ3) is 3.50. The van der Waals surface area contributed by atoms with Gasteiger partial charge < -0.3 is 10.4 Å². The van der Waals surface area contributed by atoms with Gasteiger partial charge in [-0.1, -0.05) is 6.07 Å². The molecule has 18 heavy (non-hydrogen) atoms. The molecule has 0 radical (unpaired) electrons. The van der Waals surface area contributed by atoms with Crippen LogP contribution in [-0.2, 0) is 16.0 Å². The molecule has 0 aliphatic carbocycles. The SMILES string of the molecule is O=C(O)CCCCc1ccc2c(c1)NC(=O)CS2. The van der Waals surface area contributed by atoms with Crippen molar-refractivity contribution < 1.29 is 14.7 Å². The van der Waals surface area contributed by atoms with Crippen molar-refractivity contribution in [3.63, 3.8) is 0 Å². The molecule has 5 heteroatoms. The summed E-state index contributed by atoms with van der Waals surface area (Å²) in [6.07, 6.45) is 2.61. The number of rotatable bonds is 5. The largest absolute Gasteiger partial charge is 0.481 e. The van der Waals surface area contributed by atoms with E-state index in [-0.39, 0.29) is 12.3 Å². The van der Waals surface area contributed by atoms with E-state index in [1.807, 2.05) is 18.2 Å². The zero-order chi connectivity index (χ0) is 13.0. The van der Waals surface area contributed by atoms with Gasteiger partial charge in [0.1, 0.15) is 0 Å². The molecule has 0 saturated heterocycles. The number of aryl methyl sites for hydroxylation is 1. The van der Waals surface area contributed by atoms with Crippen LogP contribution in [0.15, 0.2) is 23.1 Å². The van der Waals surface area contributed by atoms with Crippen molar-refractivity contribution in [3.8, 4) is 0 Å². The summed E-state index contributed by atoms with van der Waals surface area (Å²) in [4.78, 5) is 22.8. The fourth-order valence-corrected chi connectivity index (χ4v) is 2.68. The molecular weight excluding hydrogens is 250 g/mol. The molecule has 0 saturated carbocycles. The first kappa shape index (κ1) is 13.0. The fourth-order valence-electron chi connectivity index (χ4n) is 1.89. The first-order valence-electron chi connectivity index (χ1n) is 5.92. The summed E-state index contributed by atoms with van der Waals surface area (Å²) in [6.45, 7) is 0. The second-order valence-electron chi connectivity index (χ2n) is 4.27. The van der Waals surface area contributed by atoms with Gasteiger partial charge in [0.2, 0.25) is 5.91 Å². The molecule has 0 spiro atoms. The van der Waals surface area contributed by atoms with Crippen molar-refractivity contribution in [1.29, 1.82) is 0 Å². The molecule has 2 rings (SSSR count). The van der Waals surface area contributed by atoms with Crippen LogP contribution in [0, 0.1) is 0 Å².